The molecular formula is C18H18Cl2N2O4S. The predicted molar refractivity (Wildman–Crippen MR) is 105 cm³/mol. The Morgan fingerprint density at radius 1 is 1.04 bits per heavy atom. The average Bonchev–Trinajstić information content (AvgIpc) is 2.69. The molecule has 0 bridgehead atoms. The molecule has 0 spiro atoms. The Balaban J connectivity index is 2.01. The van der Waals surface area contributed by atoms with E-state index in [4.69, 9.17) is 27.9 Å². The first-order valence-corrected chi connectivity index (χ1v) is 10.5. The van der Waals surface area contributed by atoms with E-state index in [1.54, 1.807) is 35.2 Å². The number of benzene rings is 2. The van der Waals surface area contributed by atoms with E-state index in [2.05, 4.69) is 0 Å². The summed E-state index contributed by atoms with van der Waals surface area (Å²) in [5, 5.41) is 0.287. The third-order valence-electron chi connectivity index (χ3n) is 4.17. The maximum Gasteiger partial charge on any atom is 0.264 e. The summed E-state index contributed by atoms with van der Waals surface area (Å²) < 4.78 is 32.7. The Labute approximate surface area is 168 Å². The van der Waals surface area contributed by atoms with Gasteiger partial charge in [0.25, 0.3) is 10.0 Å². The molecule has 27 heavy (non-hydrogen) atoms. The number of hydrogen-bond acceptors (Lipinski definition) is 4. The minimum Gasteiger partial charge on any atom is -0.378 e. The van der Waals surface area contributed by atoms with Crippen LogP contribution in [0.25, 0.3) is 0 Å². The molecule has 0 saturated carbocycles. The van der Waals surface area contributed by atoms with Gasteiger partial charge in [-0.05, 0) is 24.3 Å². The molecule has 0 aromatic heterocycles. The number of halogens is 2. The van der Waals surface area contributed by atoms with Gasteiger partial charge in [-0.25, -0.2) is 8.42 Å². The Morgan fingerprint density at radius 2 is 1.70 bits per heavy atom. The summed E-state index contributed by atoms with van der Waals surface area (Å²) in [5.41, 5.74) is 0.162. The van der Waals surface area contributed by atoms with Gasteiger partial charge in [-0.3, -0.25) is 9.10 Å². The highest BCUT2D eigenvalue weighted by atomic mass is 35.5. The zero-order valence-electron chi connectivity index (χ0n) is 14.3. The minimum atomic E-state index is -4.02. The molecule has 0 radical (unpaired) electrons. The topological polar surface area (TPSA) is 66.9 Å². The Morgan fingerprint density at radius 3 is 2.37 bits per heavy atom. The lowest BCUT2D eigenvalue weighted by Gasteiger charge is -2.31. The number of amides is 1. The van der Waals surface area contributed by atoms with Gasteiger partial charge in [-0.2, -0.15) is 0 Å². The second-order valence-corrected chi connectivity index (χ2v) is 8.54. The van der Waals surface area contributed by atoms with Crippen molar-refractivity contribution in [1.29, 1.82) is 0 Å². The van der Waals surface area contributed by atoms with Gasteiger partial charge in [0.05, 0.1) is 33.8 Å². The smallest absolute Gasteiger partial charge is 0.264 e. The summed E-state index contributed by atoms with van der Waals surface area (Å²) in [6, 6.07) is 12.6. The van der Waals surface area contributed by atoms with Crippen molar-refractivity contribution in [3.8, 4) is 0 Å². The SMILES string of the molecule is O=C(CN(c1cccc(Cl)c1Cl)S(=O)(=O)c1ccccc1)N1CCOCC1. The molecule has 0 N–H and O–H groups in total. The van der Waals surface area contributed by atoms with Crippen LogP contribution >= 0.6 is 23.2 Å². The zero-order valence-corrected chi connectivity index (χ0v) is 16.7. The molecule has 3 rings (SSSR count). The molecule has 0 atom stereocenters. The van der Waals surface area contributed by atoms with Crippen molar-refractivity contribution in [2.75, 3.05) is 37.2 Å². The molecule has 144 valence electrons. The van der Waals surface area contributed by atoms with Crippen molar-refractivity contribution >= 4 is 44.8 Å². The Kier molecular flexibility index (Phi) is 6.26. The maximum atomic E-state index is 13.2. The number of ether oxygens (including phenoxy) is 1. The van der Waals surface area contributed by atoms with Crippen molar-refractivity contribution < 1.29 is 17.9 Å². The number of carbonyl (C=O) groups excluding carboxylic acids is 1. The molecule has 2 aromatic rings. The van der Waals surface area contributed by atoms with Crippen LogP contribution in [0.1, 0.15) is 0 Å². The lowest BCUT2D eigenvalue weighted by Crippen LogP contribution is -2.47. The molecule has 1 fully saturated rings. The van der Waals surface area contributed by atoms with E-state index in [-0.39, 0.29) is 33.1 Å². The van der Waals surface area contributed by atoms with Gasteiger partial charge < -0.3 is 9.64 Å². The minimum absolute atomic E-state index is 0.0656. The largest absolute Gasteiger partial charge is 0.378 e. The maximum absolute atomic E-state index is 13.2. The fraction of sp³-hybridized carbons (Fsp3) is 0.278. The van der Waals surface area contributed by atoms with Gasteiger partial charge in [-0.1, -0.05) is 47.5 Å². The highest BCUT2D eigenvalue weighted by Crippen LogP contribution is 2.35. The fourth-order valence-electron chi connectivity index (χ4n) is 2.74. The first kappa shape index (κ1) is 19.9. The monoisotopic (exact) mass is 428 g/mol. The number of morpholine rings is 1. The first-order chi connectivity index (χ1) is 12.9. The zero-order chi connectivity index (χ0) is 19.4. The van der Waals surface area contributed by atoms with E-state index in [1.807, 2.05) is 0 Å². The van der Waals surface area contributed by atoms with Crippen molar-refractivity contribution in [2.24, 2.45) is 0 Å². The van der Waals surface area contributed by atoms with Crippen molar-refractivity contribution in [3.63, 3.8) is 0 Å². The number of hydrogen-bond donors (Lipinski definition) is 0. The second-order valence-electron chi connectivity index (χ2n) is 5.89. The number of anilines is 1. The molecular weight excluding hydrogens is 411 g/mol. The van der Waals surface area contributed by atoms with E-state index in [9.17, 15) is 13.2 Å². The van der Waals surface area contributed by atoms with Gasteiger partial charge in [0.2, 0.25) is 5.91 Å². The summed E-state index contributed by atoms with van der Waals surface area (Å²) >= 11 is 12.3. The van der Waals surface area contributed by atoms with Crippen molar-refractivity contribution in [2.45, 2.75) is 4.90 Å². The van der Waals surface area contributed by atoms with Crippen LogP contribution in [0.2, 0.25) is 10.0 Å². The third-order valence-corrected chi connectivity index (χ3v) is 6.76. The lowest BCUT2D eigenvalue weighted by atomic mass is 10.3. The number of carbonyl (C=O) groups is 1. The molecule has 6 nitrogen and oxygen atoms in total. The highest BCUT2D eigenvalue weighted by Gasteiger charge is 2.31. The Bertz CT molecular complexity index is 916. The van der Waals surface area contributed by atoms with E-state index < -0.39 is 10.0 Å². The standard InChI is InChI=1S/C18H18Cl2N2O4S/c19-15-7-4-8-16(18(15)20)22(13-17(23)21-9-11-26-12-10-21)27(24,25)14-5-2-1-3-6-14/h1-8H,9-13H2. The van der Waals surface area contributed by atoms with Crippen LogP contribution in [0, 0.1) is 0 Å². The van der Waals surface area contributed by atoms with E-state index >= 15 is 0 Å². The van der Waals surface area contributed by atoms with Gasteiger partial charge in [0.15, 0.2) is 0 Å². The highest BCUT2D eigenvalue weighted by molar-refractivity contribution is 7.92. The molecule has 9 heteroatoms. The summed E-state index contributed by atoms with van der Waals surface area (Å²) in [6.07, 6.45) is 0. The summed E-state index contributed by atoms with van der Waals surface area (Å²) in [4.78, 5) is 14.4. The van der Waals surface area contributed by atoms with Crippen molar-refractivity contribution in [1.82, 2.24) is 4.90 Å². The van der Waals surface area contributed by atoms with Gasteiger partial charge in [0.1, 0.15) is 6.54 Å². The van der Waals surface area contributed by atoms with Gasteiger partial charge >= 0.3 is 0 Å². The van der Waals surface area contributed by atoms with E-state index in [0.29, 0.717) is 26.3 Å². The normalized spacial score (nSPS) is 14.8. The molecule has 1 aliphatic heterocycles. The Hall–Kier alpha value is -1.80. The molecule has 0 aliphatic carbocycles. The molecule has 1 aliphatic rings. The summed E-state index contributed by atoms with van der Waals surface area (Å²) in [5.74, 6) is -0.325. The van der Waals surface area contributed by atoms with E-state index in [0.717, 1.165) is 4.31 Å². The van der Waals surface area contributed by atoms with Crippen LogP contribution in [0.5, 0.6) is 0 Å². The molecule has 1 saturated heterocycles. The van der Waals surface area contributed by atoms with Gasteiger partial charge in [-0.15, -0.1) is 0 Å². The van der Waals surface area contributed by atoms with Crippen LogP contribution < -0.4 is 4.31 Å². The average molecular weight is 429 g/mol. The van der Waals surface area contributed by atoms with Crippen LogP contribution in [-0.4, -0.2) is 52.1 Å². The van der Waals surface area contributed by atoms with Crippen molar-refractivity contribution in [3.05, 3.63) is 58.6 Å². The number of rotatable bonds is 5. The quantitative estimate of drug-likeness (QED) is 0.733. The molecule has 0 unspecified atom stereocenters. The predicted octanol–water partition coefficient (Wildman–Crippen LogP) is 3.05. The number of sulfonamides is 1. The fourth-order valence-corrected chi connectivity index (χ4v) is 4.63. The first-order valence-electron chi connectivity index (χ1n) is 8.28. The lowest BCUT2D eigenvalue weighted by molar-refractivity contribution is -0.133. The van der Waals surface area contributed by atoms with Crippen LogP contribution in [-0.2, 0) is 19.6 Å². The second kappa shape index (κ2) is 8.48. The van der Waals surface area contributed by atoms with E-state index in [1.165, 1.54) is 18.2 Å². The summed E-state index contributed by atoms with van der Waals surface area (Å²) in [7, 11) is -4.02. The summed E-state index contributed by atoms with van der Waals surface area (Å²) in [6.45, 7) is 1.31. The number of nitrogens with zero attached hydrogens (tertiary/aromatic N) is 2. The molecule has 1 heterocycles. The third kappa shape index (κ3) is 4.38. The van der Waals surface area contributed by atoms with Crippen LogP contribution in [0.3, 0.4) is 0 Å². The molecule has 1 amide bonds. The van der Waals surface area contributed by atoms with Crippen LogP contribution in [0.4, 0.5) is 5.69 Å². The molecule has 2 aromatic carbocycles. The van der Waals surface area contributed by atoms with Gasteiger partial charge in [0, 0.05) is 13.1 Å². The van der Waals surface area contributed by atoms with Crippen LogP contribution in [0.15, 0.2) is 53.4 Å².